The molecule has 28 heavy (non-hydrogen) atoms. The first-order chi connectivity index (χ1) is 13.6. The molecule has 5 N–H and O–H groups in total. The van der Waals surface area contributed by atoms with Crippen LogP contribution in [0.1, 0.15) is 24.1 Å². The number of hydrogen-bond acceptors (Lipinski definition) is 6. The summed E-state index contributed by atoms with van der Waals surface area (Å²) in [5, 5.41) is 18.6. The number of anilines is 2. The summed E-state index contributed by atoms with van der Waals surface area (Å²) in [6, 6.07) is 7.80. The molecule has 6 nitrogen and oxygen atoms in total. The molecule has 0 aliphatic heterocycles. The smallest absolute Gasteiger partial charge is 0.230 e. The van der Waals surface area contributed by atoms with Crippen molar-refractivity contribution in [2.45, 2.75) is 31.8 Å². The highest BCUT2D eigenvalue weighted by Crippen LogP contribution is 2.16. The highest BCUT2D eigenvalue weighted by Gasteiger charge is 2.11. The van der Waals surface area contributed by atoms with E-state index in [2.05, 4.69) is 21.7 Å². The average Bonchev–Trinajstić information content (AvgIpc) is 3.11. The van der Waals surface area contributed by atoms with Crippen LogP contribution in [0.25, 0.3) is 0 Å². The number of carbonyl (C=O) groups is 1. The number of allylic oxidation sites excluding steroid dienone is 3. The zero-order valence-corrected chi connectivity index (χ0v) is 16.5. The number of aliphatic hydroxyl groups is 1. The molecule has 1 aromatic heterocycles. The summed E-state index contributed by atoms with van der Waals surface area (Å²) in [4.78, 5) is 16.1. The lowest BCUT2D eigenvalue weighted by molar-refractivity contribution is -0.115. The van der Waals surface area contributed by atoms with Gasteiger partial charge >= 0.3 is 0 Å². The minimum absolute atomic E-state index is 0.111. The largest absolute Gasteiger partial charge is 0.387 e. The van der Waals surface area contributed by atoms with Crippen LogP contribution >= 0.6 is 11.3 Å². The van der Waals surface area contributed by atoms with Crippen molar-refractivity contribution >= 4 is 28.1 Å². The van der Waals surface area contributed by atoms with Gasteiger partial charge in [0.2, 0.25) is 5.91 Å². The Hall–Kier alpha value is -2.48. The molecule has 1 amide bonds. The molecular weight excluding hydrogens is 372 g/mol. The minimum atomic E-state index is -0.421. The minimum Gasteiger partial charge on any atom is -0.387 e. The van der Waals surface area contributed by atoms with Crippen molar-refractivity contribution in [2.24, 2.45) is 0 Å². The van der Waals surface area contributed by atoms with Crippen LogP contribution in [0.2, 0.25) is 0 Å². The first-order valence-corrected chi connectivity index (χ1v) is 10.3. The van der Waals surface area contributed by atoms with E-state index >= 15 is 0 Å². The Bertz CT molecular complexity index is 842. The number of carbonyl (C=O) groups excluding carboxylic acids is 1. The Morgan fingerprint density at radius 2 is 2.14 bits per heavy atom. The predicted octanol–water partition coefficient (Wildman–Crippen LogP) is 2.68. The van der Waals surface area contributed by atoms with Gasteiger partial charge in [-0.2, -0.15) is 0 Å². The Labute approximate surface area is 169 Å². The van der Waals surface area contributed by atoms with E-state index in [4.69, 9.17) is 5.73 Å². The fraction of sp³-hybridized carbons (Fsp3) is 0.333. The summed E-state index contributed by atoms with van der Waals surface area (Å²) in [7, 11) is 0. The third kappa shape index (κ3) is 6.30. The van der Waals surface area contributed by atoms with Crippen molar-refractivity contribution in [2.75, 3.05) is 24.1 Å². The zero-order valence-electron chi connectivity index (χ0n) is 15.7. The van der Waals surface area contributed by atoms with Gasteiger partial charge in [-0.05, 0) is 49.1 Å². The zero-order chi connectivity index (χ0) is 19.8. The fourth-order valence-electron chi connectivity index (χ4n) is 3.03. The monoisotopic (exact) mass is 398 g/mol. The number of nitrogens with zero attached hydrogens (tertiary/aromatic N) is 1. The average molecular weight is 399 g/mol. The molecule has 1 heterocycles. The van der Waals surface area contributed by atoms with E-state index in [1.807, 2.05) is 36.4 Å². The van der Waals surface area contributed by atoms with Gasteiger partial charge in [0.15, 0.2) is 5.13 Å². The quantitative estimate of drug-likeness (QED) is 0.487. The van der Waals surface area contributed by atoms with Crippen LogP contribution in [-0.4, -0.2) is 35.2 Å². The van der Waals surface area contributed by atoms with Gasteiger partial charge in [-0.3, -0.25) is 4.79 Å². The van der Waals surface area contributed by atoms with Crippen molar-refractivity contribution < 1.29 is 9.90 Å². The van der Waals surface area contributed by atoms with Gasteiger partial charge in [-0.25, -0.2) is 4.98 Å². The predicted molar refractivity (Wildman–Crippen MR) is 114 cm³/mol. The van der Waals surface area contributed by atoms with Crippen LogP contribution < -0.4 is 16.4 Å². The first kappa shape index (κ1) is 20.3. The molecule has 0 fully saturated rings. The number of nitrogens with one attached hydrogen (secondary N) is 2. The van der Waals surface area contributed by atoms with Crippen molar-refractivity contribution in [1.82, 2.24) is 10.3 Å². The molecule has 2 aromatic rings. The molecule has 148 valence electrons. The second-order valence-corrected chi connectivity index (χ2v) is 7.67. The molecular formula is C21H26N4O2S. The number of rotatable bonds is 9. The standard InChI is InChI=1S/C21H26N4O2S/c22-21-25-18(14-28-21)12-20(27)24-17-8-6-15(7-9-17)10-11-23-13-19(26)16-4-2-1-3-5-16/h1-2,4,6-9,14,19,23,26H,3,5,10-13H2,(H2,22,25)(H,24,27)/t19-/m0/s1. The van der Waals surface area contributed by atoms with E-state index in [1.165, 1.54) is 16.9 Å². The second kappa shape index (κ2) is 10.2. The van der Waals surface area contributed by atoms with Gasteiger partial charge in [-0.15, -0.1) is 11.3 Å². The molecule has 3 rings (SSSR count). The summed E-state index contributed by atoms with van der Waals surface area (Å²) in [6.07, 6.45) is 8.72. The third-order valence-corrected chi connectivity index (χ3v) is 5.27. The maximum Gasteiger partial charge on any atom is 0.230 e. The topological polar surface area (TPSA) is 100 Å². The van der Waals surface area contributed by atoms with Crippen LogP contribution in [0.15, 0.2) is 53.4 Å². The number of nitrogen functional groups attached to an aromatic ring is 1. The number of benzene rings is 1. The maximum absolute atomic E-state index is 12.1. The number of aliphatic hydroxyl groups excluding tert-OH is 1. The molecule has 0 spiro atoms. The van der Waals surface area contributed by atoms with Gasteiger partial charge in [0.1, 0.15) is 0 Å². The molecule has 0 saturated heterocycles. The number of aromatic nitrogens is 1. The van der Waals surface area contributed by atoms with Crippen molar-refractivity contribution in [3.8, 4) is 0 Å². The normalized spacial score (nSPS) is 14.5. The van der Waals surface area contributed by atoms with Crippen LogP contribution in [0.5, 0.6) is 0 Å². The summed E-state index contributed by atoms with van der Waals surface area (Å²) < 4.78 is 0. The van der Waals surface area contributed by atoms with Gasteiger partial charge in [0, 0.05) is 17.6 Å². The van der Waals surface area contributed by atoms with Gasteiger partial charge < -0.3 is 21.5 Å². The molecule has 0 unspecified atom stereocenters. The molecule has 7 heteroatoms. The third-order valence-electron chi connectivity index (χ3n) is 4.55. The lowest BCUT2D eigenvalue weighted by Crippen LogP contribution is -2.30. The highest BCUT2D eigenvalue weighted by atomic mass is 32.1. The van der Waals surface area contributed by atoms with Gasteiger partial charge in [0.05, 0.1) is 18.2 Å². The van der Waals surface area contributed by atoms with E-state index in [0.717, 1.165) is 37.1 Å². The van der Waals surface area contributed by atoms with Gasteiger partial charge in [-0.1, -0.05) is 30.4 Å². The van der Waals surface area contributed by atoms with Gasteiger partial charge in [0.25, 0.3) is 0 Å². The summed E-state index contributed by atoms with van der Waals surface area (Å²) >= 11 is 1.33. The molecule has 1 atom stereocenters. The number of amides is 1. The van der Waals surface area contributed by atoms with Crippen LogP contribution in [0.4, 0.5) is 10.8 Å². The Kier molecular flexibility index (Phi) is 7.36. The number of hydrogen-bond donors (Lipinski definition) is 4. The van der Waals surface area contributed by atoms with Crippen LogP contribution in [-0.2, 0) is 17.6 Å². The molecule has 1 aromatic carbocycles. The van der Waals surface area contributed by atoms with Crippen molar-refractivity contribution in [3.63, 3.8) is 0 Å². The highest BCUT2D eigenvalue weighted by molar-refractivity contribution is 7.13. The molecule has 1 aliphatic carbocycles. The summed E-state index contributed by atoms with van der Waals surface area (Å²) in [5.74, 6) is -0.111. The number of nitrogens with two attached hydrogens (primary N) is 1. The van der Waals surface area contributed by atoms with E-state index in [-0.39, 0.29) is 12.3 Å². The lowest BCUT2D eigenvalue weighted by Gasteiger charge is -2.17. The van der Waals surface area contributed by atoms with Crippen LogP contribution in [0.3, 0.4) is 0 Å². The Balaban J connectivity index is 1.37. The van der Waals surface area contributed by atoms with Crippen molar-refractivity contribution in [1.29, 1.82) is 0 Å². The van der Waals surface area contributed by atoms with Crippen LogP contribution in [0, 0.1) is 0 Å². The first-order valence-electron chi connectivity index (χ1n) is 9.43. The summed E-state index contributed by atoms with van der Waals surface area (Å²) in [6.45, 7) is 1.35. The lowest BCUT2D eigenvalue weighted by atomic mass is 10.00. The number of thiazole rings is 1. The SMILES string of the molecule is Nc1nc(CC(=O)Nc2ccc(CCNC[C@H](O)C3=CC=CCC3)cc2)cs1. The van der Waals surface area contributed by atoms with E-state index in [0.29, 0.717) is 17.4 Å². The van der Waals surface area contributed by atoms with E-state index < -0.39 is 6.10 Å². The summed E-state index contributed by atoms with van der Waals surface area (Å²) in [5.41, 5.74) is 9.29. The van der Waals surface area contributed by atoms with Crippen molar-refractivity contribution in [3.05, 3.63) is 64.7 Å². The van der Waals surface area contributed by atoms with E-state index in [1.54, 1.807) is 5.38 Å². The molecule has 1 aliphatic rings. The Morgan fingerprint density at radius 1 is 1.32 bits per heavy atom. The Morgan fingerprint density at radius 3 is 2.82 bits per heavy atom. The molecule has 0 bridgehead atoms. The molecule has 0 radical (unpaired) electrons. The second-order valence-electron chi connectivity index (χ2n) is 6.78. The molecule has 0 saturated carbocycles. The van der Waals surface area contributed by atoms with E-state index in [9.17, 15) is 9.90 Å². The fourth-order valence-corrected chi connectivity index (χ4v) is 3.59. The maximum atomic E-state index is 12.1.